The van der Waals surface area contributed by atoms with Gasteiger partial charge in [0.1, 0.15) is 0 Å². The lowest BCUT2D eigenvalue weighted by atomic mass is 10.2. The molecule has 0 N–H and O–H groups in total. The quantitative estimate of drug-likeness (QED) is 0.813. The van der Waals surface area contributed by atoms with Crippen LogP contribution in [-0.4, -0.2) is 28.6 Å². The van der Waals surface area contributed by atoms with E-state index in [9.17, 15) is 4.79 Å². The third-order valence-electron chi connectivity index (χ3n) is 3.61. The lowest BCUT2D eigenvalue weighted by molar-refractivity contribution is 0.218. The van der Waals surface area contributed by atoms with Gasteiger partial charge < -0.3 is 4.90 Å². The first-order valence-corrected chi connectivity index (χ1v) is 8.02. The zero-order chi connectivity index (χ0) is 15.5. The zero-order valence-electron chi connectivity index (χ0n) is 12.3. The van der Waals surface area contributed by atoms with Gasteiger partial charge in [0.25, 0.3) is 0 Å². The van der Waals surface area contributed by atoms with Crippen molar-refractivity contribution in [3.05, 3.63) is 45.7 Å². The number of hydrogen-bond donors (Lipinski definition) is 0. The van der Waals surface area contributed by atoms with Crippen molar-refractivity contribution in [2.45, 2.75) is 19.8 Å². The Morgan fingerprint density at radius 2 is 1.95 bits per heavy atom. The van der Waals surface area contributed by atoms with Gasteiger partial charge in [0.2, 0.25) is 0 Å². The Kier molecular flexibility index (Phi) is 4.07. The van der Waals surface area contributed by atoms with Gasteiger partial charge >= 0.3 is 6.03 Å². The molecule has 1 fully saturated rings. The fraction of sp³-hybridized carbons (Fsp3) is 0.312. The van der Waals surface area contributed by atoms with Crippen LogP contribution >= 0.6 is 11.3 Å². The molecule has 1 aromatic carbocycles. The minimum Gasteiger partial charge on any atom is -0.323 e. The van der Waals surface area contributed by atoms with E-state index in [1.165, 1.54) is 11.3 Å². The number of nitrogens with zero attached hydrogens (tertiary/aromatic N) is 4. The number of urea groups is 1. The summed E-state index contributed by atoms with van der Waals surface area (Å²) in [6.45, 7) is 3.58. The van der Waals surface area contributed by atoms with Crippen molar-refractivity contribution in [1.29, 1.82) is 5.26 Å². The molecule has 0 unspecified atom stereocenters. The van der Waals surface area contributed by atoms with E-state index in [0.29, 0.717) is 10.4 Å². The molecule has 112 valence electrons. The predicted molar refractivity (Wildman–Crippen MR) is 84.9 cm³/mol. The SMILES string of the molecule is Cc1cn(-c2ccc(C#N)cc2)/c(=N/C(=O)N2CCCC2)s1. The topological polar surface area (TPSA) is 61.4 Å². The van der Waals surface area contributed by atoms with Crippen LogP contribution in [0.4, 0.5) is 4.79 Å². The number of benzene rings is 1. The van der Waals surface area contributed by atoms with Crippen LogP contribution in [0.3, 0.4) is 0 Å². The number of likely N-dealkylation sites (tertiary alicyclic amines) is 1. The van der Waals surface area contributed by atoms with Gasteiger partial charge in [0.05, 0.1) is 11.6 Å². The van der Waals surface area contributed by atoms with Gasteiger partial charge in [-0.15, -0.1) is 11.3 Å². The fourth-order valence-electron chi connectivity index (χ4n) is 2.48. The van der Waals surface area contributed by atoms with Crippen LogP contribution in [0.2, 0.25) is 0 Å². The number of nitriles is 1. The molecule has 3 rings (SSSR count). The van der Waals surface area contributed by atoms with Crippen molar-refractivity contribution in [3.63, 3.8) is 0 Å². The number of aromatic nitrogens is 1. The minimum atomic E-state index is -0.165. The van der Waals surface area contributed by atoms with Crippen LogP contribution in [0.15, 0.2) is 35.5 Å². The summed E-state index contributed by atoms with van der Waals surface area (Å²) < 4.78 is 1.90. The second-order valence-corrected chi connectivity index (χ2v) is 6.45. The molecule has 2 aromatic rings. The summed E-state index contributed by atoms with van der Waals surface area (Å²) in [5.74, 6) is 0. The Bertz CT molecular complexity index is 789. The number of rotatable bonds is 1. The molecule has 6 heteroatoms. The monoisotopic (exact) mass is 312 g/mol. The highest BCUT2D eigenvalue weighted by molar-refractivity contribution is 7.09. The van der Waals surface area contributed by atoms with E-state index in [1.54, 1.807) is 17.0 Å². The normalized spacial score (nSPS) is 15.1. The van der Waals surface area contributed by atoms with Crippen LogP contribution in [-0.2, 0) is 0 Å². The van der Waals surface area contributed by atoms with Gasteiger partial charge in [-0.25, -0.2) is 4.79 Å². The van der Waals surface area contributed by atoms with Gasteiger partial charge in [0, 0.05) is 29.9 Å². The molecule has 0 radical (unpaired) electrons. The summed E-state index contributed by atoms with van der Waals surface area (Å²) in [4.78, 5) is 20.0. The molecular formula is C16H16N4OS. The van der Waals surface area contributed by atoms with Gasteiger partial charge in [0.15, 0.2) is 4.80 Å². The molecule has 1 aliphatic rings. The number of hydrogen-bond acceptors (Lipinski definition) is 3. The van der Waals surface area contributed by atoms with E-state index >= 15 is 0 Å². The Morgan fingerprint density at radius 1 is 1.27 bits per heavy atom. The Labute approximate surface area is 132 Å². The zero-order valence-corrected chi connectivity index (χ0v) is 13.1. The molecule has 1 aliphatic heterocycles. The van der Waals surface area contributed by atoms with Crippen molar-refractivity contribution in [1.82, 2.24) is 9.47 Å². The summed E-state index contributed by atoms with van der Waals surface area (Å²) in [5, 5.41) is 8.87. The van der Waals surface area contributed by atoms with E-state index in [2.05, 4.69) is 11.1 Å². The average molecular weight is 312 g/mol. The molecule has 1 saturated heterocycles. The van der Waals surface area contributed by atoms with E-state index in [1.807, 2.05) is 29.8 Å². The third-order valence-corrected chi connectivity index (χ3v) is 4.51. The van der Waals surface area contributed by atoms with Crippen LogP contribution in [0, 0.1) is 18.3 Å². The van der Waals surface area contributed by atoms with Gasteiger partial charge in [-0.2, -0.15) is 10.3 Å². The van der Waals surface area contributed by atoms with Crippen LogP contribution in [0.1, 0.15) is 23.3 Å². The fourth-order valence-corrected chi connectivity index (χ4v) is 3.30. The minimum absolute atomic E-state index is 0.165. The van der Waals surface area contributed by atoms with Crippen molar-refractivity contribution in [2.24, 2.45) is 4.99 Å². The maximum absolute atomic E-state index is 12.2. The summed E-state index contributed by atoms with van der Waals surface area (Å²) in [6.07, 6.45) is 4.07. The van der Waals surface area contributed by atoms with Crippen molar-refractivity contribution >= 4 is 17.4 Å². The molecular weight excluding hydrogens is 296 g/mol. The van der Waals surface area contributed by atoms with Crippen LogP contribution in [0.5, 0.6) is 0 Å². The molecule has 5 nitrogen and oxygen atoms in total. The molecule has 22 heavy (non-hydrogen) atoms. The molecule has 2 amide bonds. The average Bonchev–Trinajstić information content (AvgIpc) is 3.17. The second kappa shape index (κ2) is 6.16. The number of thiazole rings is 1. The highest BCUT2D eigenvalue weighted by Crippen LogP contribution is 2.12. The highest BCUT2D eigenvalue weighted by atomic mass is 32.1. The first-order chi connectivity index (χ1) is 10.7. The Hall–Kier alpha value is -2.39. The number of amides is 2. The largest absolute Gasteiger partial charge is 0.346 e. The maximum atomic E-state index is 12.2. The summed E-state index contributed by atoms with van der Waals surface area (Å²) in [5.41, 5.74) is 1.51. The molecule has 0 spiro atoms. The standard InChI is InChI=1S/C16H16N4OS/c1-12-11-20(14-6-4-13(10-17)5-7-14)16(22-12)18-15(21)19-8-2-3-9-19/h4-7,11H,2-3,8-9H2,1H3/b18-16-. The molecule has 2 heterocycles. The lowest BCUT2D eigenvalue weighted by Crippen LogP contribution is -2.27. The Morgan fingerprint density at radius 3 is 2.59 bits per heavy atom. The van der Waals surface area contributed by atoms with Crippen molar-refractivity contribution < 1.29 is 4.79 Å². The van der Waals surface area contributed by atoms with Gasteiger partial charge in [-0.3, -0.25) is 4.57 Å². The number of carbonyl (C=O) groups excluding carboxylic acids is 1. The Balaban J connectivity index is 1.98. The summed E-state index contributed by atoms with van der Waals surface area (Å²) in [7, 11) is 0. The number of aryl methyl sites for hydroxylation is 1. The van der Waals surface area contributed by atoms with E-state index in [0.717, 1.165) is 36.5 Å². The first-order valence-electron chi connectivity index (χ1n) is 7.20. The first kappa shape index (κ1) is 14.5. The number of carbonyl (C=O) groups is 1. The van der Waals surface area contributed by atoms with E-state index in [4.69, 9.17) is 5.26 Å². The molecule has 0 atom stereocenters. The molecule has 0 aliphatic carbocycles. The predicted octanol–water partition coefficient (Wildman–Crippen LogP) is 2.84. The van der Waals surface area contributed by atoms with E-state index < -0.39 is 0 Å². The summed E-state index contributed by atoms with van der Waals surface area (Å²) in [6, 6.07) is 9.20. The highest BCUT2D eigenvalue weighted by Gasteiger charge is 2.17. The molecule has 1 aromatic heterocycles. The van der Waals surface area contributed by atoms with Crippen molar-refractivity contribution in [3.8, 4) is 11.8 Å². The van der Waals surface area contributed by atoms with Crippen LogP contribution < -0.4 is 4.80 Å². The molecule has 0 saturated carbocycles. The molecule has 0 bridgehead atoms. The second-order valence-electron chi connectivity index (χ2n) is 5.24. The lowest BCUT2D eigenvalue weighted by Gasteiger charge is -2.10. The van der Waals surface area contributed by atoms with Crippen LogP contribution in [0.25, 0.3) is 5.69 Å². The summed E-state index contributed by atoms with van der Waals surface area (Å²) >= 11 is 1.49. The third kappa shape index (κ3) is 2.95. The van der Waals surface area contributed by atoms with Gasteiger partial charge in [-0.05, 0) is 44.0 Å². The maximum Gasteiger partial charge on any atom is 0.346 e. The van der Waals surface area contributed by atoms with Crippen molar-refractivity contribution in [2.75, 3.05) is 13.1 Å². The van der Waals surface area contributed by atoms with Gasteiger partial charge in [-0.1, -0.05) is 0 Å². The smallest absolute Gasteiger partial charge is 0.323 e. The van der Waals surface area contributed by atoms with E-state index in [-0.39, 0.29) is 6.03 Å².